The number of hydrogen-bond donors (Lipinski definition) is 0. The van der Waals surface area contributed by atoms with Crippen LogP contribution in [0.25, 0.3) is 0 Å². The molecule has 1 aliphatic carbocycles. The minimum atomic E-state index is 0. The standard InChI is InChI=1S/C7H11N.3ClH.Pt/c8-6-7-4-2-1-3-5-7;;;;/h7H,1-5H2;3*1H;. The molecule has 1 rings (SSSR count). The van der Waals surface area contributed by atoms with Crippen LogP contribution in [-0.4, -0.2) is 0 Å². The van der Waals surface area contributed by atoms with Crippen LogP contribution < -0.4 is 0 Å². The van der Waals surface area contributed by atoms with Gasteiger partial charge >= 0.3 is 0 Å². The summed E-state index contributed by atoms with van der Waals surface area (Å²) in [7, 11) is 0. The van der Waals surface area contributed by atoms with E-state index in [4.69, 9.17) is 5.26 Å². The molecule has 0 N–H and O–H groups in total. The van der Waals surface area contributed by atoms with Gasteiger partial charge in [-0.25, -0.2) is 0 Å². The molecule has 0 aromatic heterocycles. The zero-order valence-electron chi connectivity index (χ0n) is 6.60. The Labute approximate surface area is 107 Å². The quantitative estimate of drug-likeness (QED) is 0.597. The molecule has 0 atom stereocenters. The Balaban J connectivity index is -0.0000000800. The molecular weight excluding hydrogens is 400 g/mol. The maximum Gasteiger partial charge on any atom is 0.0655 e. The van der Waals surface area contributed by atoms with Gasteiger partial charge in [-0.1, -0.05) is 19.3 Å². The fourth-order valence-corrected chi connectivity index (χ4v) is 1.23. The van der Waals surface area contributed by atoms with Gasteiger partial charge in [-0.05, 0) is 12.8 Å². The van der Waals surface area contributed by atoms with E-state index in [9.17, 15) is 0 Å². The van der Waals surface area contributed by atoms with Crippen LogP contribution in [0.15, 0.2) is 0 Å². The van der Waals surface area contributed by atoms with Crippen molar-refractivity contribution in [3.63, 3.8) is 0 Å². The van der Waals surface area contributed by atoms with Gasteiger partial charge in [-0.15, -0.1) is 37.2 Å². The molecule has 0 aromatic rings. The third-order valence-electron chi connectivity index (χ3n) is 1.79. The molecule has 1 saturated carbocycles. The first-order valence-corrected chi connectivity index (χ1v) is 3.33. The molecule has 0 unspecified atom stereocenters. The Bertz CT molecular complexity index is 110. The van der Waals surface area contributed by atoms with Crippen LogP contribution in [0.2, 0.25) is 0 Å². The summed E-state index contributed by atoms with van der Waals surface area (Å²) in [5.41, 5.74) is 0. The van der Waals surface area contributed by atoms with Gasteiger partial charge in [0.25, 0.3) is 0 Å². The molecule has 0 aliphatic heterocycles. The number of nitrogens with zero attached hydrogens (tertiary/aromatic N) is 1. The average molecular weight is 414 g/mol. The van der Waals surface area contributed by atoms with Crippen LogP contribution >= 0.6 is 37.2 Å². The van der Waals surface area contributed by atoms with E-state index < -0.39 is 0 Å². The van der Waals surface area contributed by atoms with Crippen LogP contribution in [0.1, 0.15) is 32.1 Å². The zero-order valence-corrected chi connectivity index (χ0v) is 11.3. The van der Waals surface area contributed by atoms with Crippen LogP contribution in [0.3, 0.4) is 0 Å². The van der Waals surface area contributed by atoms with E-state index in [1.54, 1.807) is 0 Å². The van der Waals surface area contributed by atoms with Gasteiger partial charge in [-0.2, -0.15) is 5.26 Å². The van der Waals surface area contributed by atoms with Gasteiger partial charge in [0.2, 0.25) is 0 Å². The molecule has 0 bridgehead atoms. The van der Waals surface area contributed by atoms with E-state index in [1.165, 1.54) is 19.3 Å². The van der Waals surface area contributed by atoms with Gasteiger partial charge in [-0.3, -0.25) is 0 Å². The molecule has 1 fully saturated rings. The molecular formula is C7H14Cl3NPt. The second-order valence-corrected chi connectivity index (χ2v) is 2.46. The molecule has 0 radical (unpaired) electrons. The smallest absolute Gasteiger partial charge is 0.0655 e. The molecule has 5 heteroatoms. The third-order valence-corrected chi connectivity index (χ3v) is 1.79. The molecule has 0 spiro atoms. The van der Waals surface area contributed by atoms with Crippen molar-refractivity contribution >= 4 is 37.2 Å². The van der Waals surface area contributed by atoms with Gasteiger partial charge < -0.3 is 0 Å². The minimum absolute atomic E-state index is 0. The van der Waals surface area contributed by atoms with Crippen molar-refractivity contribution < 1.29 is 21.1 Å². The van der Waals surface area contributed by atoms with Crippen LogP contribution in [0, 0.1) is 17.2 Å². The molecule has 0 heterocycles. The number of halogens is 3. The van der Waals surface area contributed by atoms with Crippen molar-refractivity contribution in [2.45, 2.75) is 32.1 Å². The van der Waals surface area contributed by atoms with Crippen molar-refractivity contribution in [3.8, 4) is 6.07 Å². The fraction of sp³-hybridized carbons (Fsp3) is 0.857. The maximum absolute atomic E-state index is 8.44. The second kappa shape index (κ2) is 14.6. The van der Waals surface area contributed by atoms with Gasteiger partial charge in [0.05, 0.1) is 6.07 Å². The van der Waals surface area contributed by atoms with Crippen molar-refractivity contribution in [2.24, 2.45) is 5.92 Å². The minimum Gasteiger partial charge on any atom is -0.198 e. The second-order valence-electron chi connectivity index (χ2n) is 2.46. The molecule has 0 aromatic carbocycles. The largest absolute Gasteiger partial charge is 0.198 e. The predicted molar refractivity (Wildman–Crippen MR) is 53.9 cm³/mol. The van der Waals surface area contributed by atoms with Crippen LogP contribution in [-0.2, 0) is 21.1 Å². The Morgan fingerprint density at radius 2 is 1.33 bits per heavy atom. The molecule has 0 amide bonds. The topological polar surface area (TPSA) is 23.8 Å². The first kappa shape index (κ1) is 23.1. The Kier molecular flexibility index (Phi) is 28.1. The SMILES string of the molecule is Cl.Cl.Cl.N#CC1CCCCC1.[Pt]. The fourth-order valence-electron chi connectivity index (χ4n) is 1.23. The van der Waals surface area contributed by atoms with Crippen LogP contribution in [0.4, 0.5) is 0 Å². The normalized spacial score (nSPS) is 14.9. The monoisotopic (exact) mass is 412 g/mol. The van der Waals surface area contributed by atoms with Gasteiger partial charge in [0.1, 0.15) is 0 Å². The molecule has 0 saturated heterocycles. The van der Waals surface area contributed by atoms with Gasteiger partial charge in [0, 0.05) is 27.0 Å². The van der Waals surface area contributed by atoms with E-state index in [1.807, 2.05) is 0 Å². The summed E-state index contributed by atoms with van der Waals surface area (Å²) in [6.07, 6.45) is 6.20. The zero-order chi connectivity index (χ0) is 5.82. The third kappa shape index (κ3) is 9.14. The van der Waals surface area contributed by atoms with E-state index >= 15 is 0 Å². The summed E-state index contributed by atoms with van der Waals surface area (Å²) in [6, 6.07) is 2.30. The summed E-state index contributed by atoms with van der Waals surface area (Å²) in [4.78, 5) is 0. The maximum atomic E-state index is 8.44. The Hall–Kier alpha value is 1.05. The van der Waals surface area contributed by atoms with E-state index in [-0.39, 0.29) is 58.3 Å². The molecule has 78 valence electrons. The summed E-state index contributed by atoms with van der Waals surface area (Å²) in [5, 5.41) is 8.44. The summed E-state index contributed by atoms with van der Waals surface area (Å²) in [6.45, 7) is 0. The Morgan fingerprint density at radius 3 is 1.58 bits per heavy atom. The Morgan fingerprint density at radius 1 is 0.917 bits per heavy atom. The van der Waals surface area contributed by atoms with Gasteiger partial charge in [0.15, 0.2) is 0 Å². The molecule has 12 heavy (non-hydrogen) atoms. The predicted octanol–water partition coefficient (Wildman–Crippen LogP) is 3.35. The number of nitriles is 1. The number of hydrogen-bond acceptors (Lipinski definition) is 1. The van der Waals surface area contributed by atoms with Crippen molar-refractivity contribution in [1.82, 2.24) is 0 Å². The van der Waals surface area contributed by atoms with Crippen molar-refractivity contribution in [1.29, 1.82) is 5.26 Å². The van der Waals surface area contributed by atoms with E-state index in [0.29, 0.717) is 5.92 Å². The summed E-state index contributed by atoms with van der Waals surface area (Å²) in [5.74, 6) is 0.392. The number of rotatable bonds is 0. The first-order chi connectivity index (χ1) is 3.93. The molecule has 1 nitrogen and oxygen atoms in total. The first-order valence-electron chi connectivity index (χ1n) is 3.33. The van der Waals surface area contributed by atoms with Crippen molar-refractivity contribution in [2.75, 3.05) is 0 Å². The van der Waals surface area contributed by atoms with E-state index in [0.717, 1.165) is 12.8 Å². The van der Waals surface area contributed by atoms with E-state index in [2.05, 4.69) is 6.07 Å². The van der Waals surface area contributed by atoms with Crippen molar-refractivity contribution in [3.05, 3.63) is 0 Å². The summed E-state index contributed by atoms with van der Waals surface area (Å²) >= 11 is 0. The average Bonchev–Trinajstić information content (AvgIpc) is 1.90. The van der Waals surface area contributed by atoms with Crippen LogP contribution in [0.5, 0.6) is 0 Å². The summed E-state index contributed by atoms with van der Waals surface area (Å²) < 4.78 is 0. The molecule has 1 aliphatic rings.